The molecule has 0 spiro atoms. The Morgan fingerprint density at radius 3 is 2.64 bits per heavy atom. The zero-order valence-electron chi connectivity index (χ0n) is 11.9. The first-order chi connectivity index (χ1) is 10.7. The van der Waals surface area contributed by atoms with Crippen LogP contribution in [0, 0.1) is 0 Å². The summed E-state index contributed by atoms with van der Waals surface area (Å²) in [5.41, 5.74) is 3.69. The zero-order chi connectivity index (χ0) is 15.3. The van der Waals surface area contributed by atoms with Crippen molar-refractivity contribution >= 4 is 27.8 Å². The number of aromatic carboxylic acids is 1. The Kier molecular flexibility index (Phi) is 2.56. The first kappa shape index (κ1) is 12.6. The summed E-state index contributed by atoms with van der Waals surface area (Å²) in [7, 11) is 1.89. The number of rotatable bonds is 2. The fraction of sp³-hybridized carbons (Fsp3) is 0.0588. The summed E-state index contributed by atoms with van der Waals surface area (Å²) in [6, 6.07) is 13.3. The minimum absolute atomic E-state index is 0.326. The van der Waals surface area contributed by atoms with Crippen LogP contribution < -0.4 is 0 Å². The van der Waals surface area contributed by atoms with E-state index < -0.39 is 5.97 Å². The summed E-state index contributed by atoms with van der Waals surface area (Å²) in [6.07, 6.45) is 1.73. The summed E-state index contributed by atoms with van der Waals surface area (Å²) in [4.78, 5) is 11.9. The van der Waals surface area contributed by atoms with Gasteiger partial charge >= 0.3 is 5.97 Å². The van der Waals surface area contributed by atoms with Gasteiger partial charge in [-0.15, -0.1) is 0 Å². The number of aryl methyl sites for hydroxylation is 1. The lowest BCUT2D eigenvalue weighted by Crippen LogP contribution is -2.00. The van der Waals surface area contributed by atoms with Crippen molar-refractivity contribution < 1.29 is 9.90 Å². The van der Waals surface area contributed by atoms with Crippen molar-refractivity contribution in [2.45, 2.75) is 0 Å². The standard InChI is InChI=1S/C17H13N3O2/c1-20-15(10-5-3-2-4-6-10)14(17(21)22)11-7-8-13-12(16(11)20)9-18-19-13/h2-9H,1H3,(H,18,19)(H,21,22). The highest BCUT2D eigenvalue weighted by Gasteiger charge is 2.23. The van der Waals surface area contributed by atoms with E-state index in [1.54, 1.807) is 6.20 Å². The van der Waals surface area contributed by atoms with E-state index in [0.717, 1.165) is 27.4 Å². The van der Waals surface area contributed by atoms with Gasteiger partial charge < -0.3 is 9.67 Å². The number of nitrogens with zero attached hydrogens (tertiary/aromatic N) is 2. The number of hydrogen-bond donors (Lipinski definition) is 2. The Labute approximate surface area is 125 Å². The highest BCUT2D eigenvalue weighted by Crippen LogP contribution is 2.36. The van der Waals surface area contributed by atoms with E-state index in [0.29, 0.717) is 11.3 Å². The zero-order valence-corrected chi connectivity index (χ0v) is 11.9. The molecule has 0 unspecified atom stereocenters. The molecule has 2 aromatic carbocycles. The maximum Gasteiger partial charge on any atom is 0.338 e. The minimum atomic E-state index is -0.924. The third-order valence-electron chi connectivity index (χ3n) is 4.03. The number of carboxylic acid groups (broad SMARTS) is 1. The van der Waals surface area contributed by atoms with Gasteiger partial charge in [0, 0.05) is 17.8 Å². The fourth-order valence-electron chi connectivity index (χ4n) is 3.12. The predicted octanol–water partition coefficient (Wildman–Crippen LogP) is 3.42. The van der Waals surface area contributed by atoms with Crippen molar-refractivity contribution in [1.29, 1.82) is 0 Å². The van der Waals surface area contributed by atoms with E-state index in [-0.39, 0.29) is 0 Å². The van der Waals surface area contributed by atoms with Crippen molar-refractivity contribution in [2.75, 3.05) is 0 Å². The largest absolute Gasteiger partial charge is 0.478 e. The number of benzene rings is 2. The van der Waals surface area contributed by atoms with Crippen LogP contribution in [0.2, 0.25) is 0 Å². The van der Waals surface area contributed by atoms with Crippen LogP contribution in [0.25, 0.3) is 33.1 Å². The minimum Gasteiger partial charge on any atom is -0.478 e. The molecule has 5 nitrogen and oxygen atoms in total. The number of carbonyl (C=O) groups is 1. The smallest absolute Gasteiger partial charge is 0.338 e. The molecule has 0 amide bonds. The normalized spacial score (nSPS) is 11.3. The lowest BCUT2D eigenvalue weighted by Gasteiger charge is -2.06. The summed E-state index contributed by atoms with van der Waals surface area (Å²) in [6.45, 7) is 0. The molecule has 0 fully saturated rings. The quantitative estimate of drug-likeness (QED) is 0.594. The second-order valence-electron chi connectivity index (χ2n) is 5.25. The van der Waals surface area contributed by atoms with Gasteiger partial charge in [0.1, 0.15) is 0 Å². The Balaban J connectivity index is 2.22. The fourth-order valence-corrected chi connectivity index (χ4v) is 3.12. The second-order valence-corrected chi connectivity index (χ2v) is 5.25. The van der Waals surface area contributed by atoms with Crippen LogP contribution >= 0.6 is 0 Å². The van der Waals surface area contributed by atoms with Gasteiger partial charge in [-0.2, -0.15) is 5.10 Å². The molecule has 0 saturated heterocycles. The molecule has 0 aliphatic carbocycles. The molecule has 5 heteroatoms. The molecule has 2 aromatic heterocycles. The topological polar surface area (TPSA) is 70.9 Å². The molecule has 4 rings (SSSR count). The Morgan fingerprint density at radius 2 is 1.91 bits per heavy atom. The van der Waals surface area contributed by atoms with Gasteiger partial charge in [-0.25, -0.2) is 4.79 Å². The molecule has 2 N–H and O–H groups in total. The first-order valence-electron chi connectivity index (χ1n) is 6.91. The number of nitrogens with one attached hydrogen (secondary N) is 1. The van der Waals surface area contributed by atoms with Crippen molar-refractivity contribution in [3.63, 3.8) is 0 Å². The molecule has 108 valence electrons. The summed E-state index contributed by atoms with van der Waals surface area (Å²) in [5, 5.41) is 18.4. The SMILES string of the molecule is Cn1c(-c2ccccc2)c(C(=O)O)c2ccc3[nH]ncc3c21. The Bertz CT molecular complexity index is 1010. The molecule has 22 heavy (non-hydrogen) atoms. The molecule has 2 heterocycles. The average molecular weight is 291 g/mol. The lowest BCUT2D eigenvalue weighted by molar-refractivity contribution is 0.0699. The highest BCUT2D eigenvalue weighted by molar-refractivity contribution is 6.16. The van der Waals surface area contributed by atoms with Gasteiger partial charge in [-0.05, 0) is 17.7 Å². The monoisotopic (exact) mass is 291 g/mol. The van der Waals surface area contributed by atoms with Crippen LogP contribution in [0.15, 0.2) is 48.7 Å². The van der Waals surface area contributed by atoms with E-state index >= 15 is 0 Å². The lowest BCUT2D eigenvalue weighted by atomic mass is 10.0. The van der Waals surface area contributed by atoms with Crippen molar-refractivity contribution in [2.24, 2.45) is 7.05 Å². The molecule has 0 bridgehead atoms. The summed E-state index contributed by atoms with van der Waals surface area (Å²) < 4.78 is 1.94. The van der Waals surface area contributed by atoms with Gasteiger partial charge in [0.2, 0.25) is 0 Å². The molecule has 0 aliphatic heterocycles. The maximum atomic E-state index is 11.9. The second kappa shape index (κ2) is 4.46. The van der Waals surface area contributed by atoms with E-state index in [1.807, 2.05) is 54.1 Å². The number of fused-ring (bicyclic) bond motifs is 3. The van der Waals surface area contributed by atoms with Crippen molar-refractivity contribution in [1.82, 2.24) is 14.8 Å². The van der Waals surface area contributed by atoms with Crippen LogP contribution in [0.4, 0.5) is 0 Å². The van der Waals surface area contributed by atoms with E-state index in [2.05, 4.69) is 10.2 Å². The van der Waals surface area contributed by atoms with E-state index in [1.165, 1.54) is 0 Å². The molecular weight excluding hydrogens is 278 g/mol. The summed E-state index contributed by atoms with van der Waals surface area (Å²) in [5.74, 6) is -0.924. The van der Waals surface area contributed by atoms with Crippen LogP contribution in [0.5, 0.6) is 0 Å². The van der Waals surface area contributed by atoms with Crippen LogP contribution in [-0.2, 0) is 7.05 Å². The first-order valence-corrected chi connectivity index (χ1v) is 6.91. The van der Waals surface area contributed by atoms with Crippen molar-refractivity contribution in [3.05, 3.63) is 54.2 Å². The Morgan fingerprint density at radius 1 is 1.14 bits per heavy atom. The van der Waals surface area contributed by atoms with Crippen LogP contribution in [-0.4, -0.2) is 25.8 Å². The number of H-pyrrole nitrogens is 1. The van der Waals surface area contributed by atoms with Crippen LogP contribution in [0.3, 0.4) is 0 Å². The molecule has 0 atom stereocenters. The number of aromatic amines is 1. The van der Waals surface area contributed by atoms with Gasteiger partial charge in [0.15, 0.2) is 0 Å². The van der Waals surface area contributed by atoms with Gasteiger partial charge in [0.05, 0.1) is 28.5 Å². The molecule has 0 radical (unpaired) electrons. The molecule has 4 aromatic rings. The third kappa shape index (κ3) is 1.59. The Hall–Kier alpha value is -3.08. The third-order valence-corrected chi connectivity index (χ3v) is 4.03. The predicted molar refractivity (Wildman–Crippen MR) is 85.0 cm³/mol. The number of carboxylic acids is 1. The molecule has 0 saturated carbocycles. The van der Waals surface area contributed by atoms with Crippen molar-refractivity contribution in [3.8, 4) is 11.3 Å². The number of aromatic nitrogens is 3. The highest BCUT2D eigenvalue weighted by atomic mass is 16.4. The van der Waals surface area contributed by atoms with Gasteiger partial charge in [-0.1, -0.05) is 30.3 Å². The van der Waals surface area contributed by atoms with Crippen LogP contribution in [0.1, 0.15) is 10.4 Å². The summed E-state index contributed by atoms with van der Waals surface area (Å²) >= 11 is 0. The number of hydrogen-bond acceptors (Lipinski definition) is 2. The molecule has 0 aliphatic rings. The maximum absolute atomic E-state index is 11.9. The van der Waals surface area contributed by atoms with Gasteiger partial charge in [0.25, 0.3) is 0 Å². The molecular formula is C17H13N3O2. The van der Waals surface area contributed by atoms with E-state index in [4.69, 9.17) is 0 Å². The van der Waals surface area contributed by atoms with E-state index in [9.17, 15) is 9.90 Å². The average Bonchev–Trinajstić information content (AvgIpc) is 3.10. The van der Waals surface area contributed by atoms with Gasteiger partial charge in [-0.3, -0.25) is 5.10 Å².